The minimum Gasteiger partial charge on any atom is -0.497 e. The van der Waals surface area contributed by atoms with Gasteiger partial charge in [0.25, 0.3) is 0 Å². The van der Waals surface area contributed by atoms with Gasteiger partial charge in [0.15, 0.2) is 0 Å². The third-order valence-electron chi connectivity index (χ3n) is 4.42. The van der Waals surface area contributed by atoms with Crippen molar-refractivity contribution in [2.45, 2.75) is 38.5 Å². The Morgan fingerprint density at radius 3 is 2.70 bits per heavy atom. The Bertz CT molecular complexity index is 526. The van der Waals surface area contributed by atoms with Gasteiger partial charge in [-0.3, -0.25) is 14.9 Å². The first-order valence-electron chi connectivity index (χ1n) is 7.07. The second-order valence-corrected chi connectivity index (χ2v) is 5.24. The van der Waals surface area contributed by atoms with Gasteiger partial charge in [0.2, 0.25) is 11.8 Å². The van der Waals surface area contributed by atoms with E-state index >= 15 is 0 Å². The fourth-order valence-corrected chi connectivity index (χ4v) is 3.29. The minimum absolute atomic E-state index is 0.0286. The lowest BCUT2D eigenvalue weighted by atomic mass is 9.63. The highest BCUT2D eigenvalue weighted by Crippen LogP contribution is 2.42. The van der Waals surface area contributed by atoms with Crippen molar-refractivity contribution in [2.75, 3.05) is 7.11 Å². The van der Waals surface area contributed by atoms with Crippen LogP contribution in [0.5, 0.6) is 5.75 Å². The van der Waals surface area contributed by atoms with Crippen LogP contribution in [0.2, 0.25) is 0 Å². The fourth-order valence-electron chi connectivity index (χ4n) is 3.29. The molecule has 20 heavy (non-hydrogen) atoms. The number of piperidine rings is 1. The highest BCUT2D eigenvalue weighted by atomic mass is 16.5. The third kappa shape index (κ3) is 2.19. The summed E-state index contributed by atoms with van der Waals surface area (Å²) in [6.45, 7) is 4.03. The van der Waals surface area contributed by atoms with Crippen molar-refractivity contribution in [3.05, 3.63) is 29.8 Å². The lowest BCUT2D eigenvalue weighted by Crippen LogP contribution is -2.56. The van der Waals surface area contributed by atoms with Gasteiger partial charge in [-0.15, -0.1) is 0 Å². The highest BCUT2D eigenvalue weighted by molar-refractivity contribution is 6.04. The zero-order valence-corrected chi connectivity index (χ0v) is 12.2. The summed E-state index contributed by atoms with van der Waals surface area (Å²) in [6, 6.07) is 7.60. The average molecular weight is 275 g/mol. The van der Waals surface area contributed by atoms with Crippen molar-refractivity contribution in [3.63, 3.8) is 0 Å². The van der Waals surface area contributed by atoms with E-state index in [9.17, 15) is 9.59 Å². The zero-order valence-electron chi connectivity index (χ0n) is 12.2. The van der Waals surface area contributed by atoms with Crippen molar-refractivity contribution < 1.29 is 14.3 Å². The Hall–Kier alpha value is -1.84. The minimum atomic E-state index is -0.642. The van der Waals surface area contributed by atoms with Crippen LogP contribution in [0.25, 0.3) is 0 Å². The van der Waals surface area contributed by atoms with E-state index < -0.39 is 5.41 Å². The molecule has 1 heterocycles. The molecule has 1 aliphatic heterocycles. The quantitative estimate of drug-likeness (QED) is 0.859. The van der Waals surface area contributed by atoms with Crippen LogP contribution in [-0.4, -0.2) is 18.9 Å². The van der Waals surface area contributed by atoms with Gasteiger partial charge in [-0.05, 0) is 30.0 Å². The van der Waals surface area contributed by atoms with Crippen LogP contribution < -0.4 is 10.1 Å². The Labute approximate surface area is 119 Å². The Kier molecular flexibility index (Phi) is 4.12. The van der Waals surface area contributed by atoms with Crippen LogP contribution in [0, 0.1) is 5.92 Å². The number of hydrogen-bond donors (Lipinski definition) is 1. The predicted octanol–water partition coefficient (Wildman–Crippen LogP) is 2.42. The third-order valence-corrected chi connectivity index (χ3v) is 4.42. The van der Waals surface area contributed by atoms with E-state index in [0.717, 1.165) is 17.7 Å². The monoisotopic (exact) mass is 275 g/mol. The Morgan fingerprint density at radius 2 is 2.10 bits per heavy atom. The maximum absolute atomic E-state index is 12.6. The van der Waals surface area contributed by atoms with E-state index in [-0.39, 0.29) is 17.7 Å². The molecule has 0 aromatic heterocycles. The molecular weight excluding hydrogens is 254 g/mol. The van der Waals surface area contributed by atoms with Gasteiger partial charge >= 0.3 is 0 Å². The summed E-state index contributed by atoms with van der Waals surface area (Å²) < 4.78 is 5.26. The maximum atomic E-state index is 12.6. The topological polar surface area (TPSA) is 55.4 Å². The van der Waals surface area contributed by atoms with Crippen molar-refractivity contribution in [3.8, 4) is 5.75 Å². The molecule has 2 atom stereocenters. The second kappa shape index (κ2) is 5.65. The fraction of sp³-hybridized carbons (Fsp3) is 0.500. The summed E-state index contributed by atoms with van der Waals surface area (Å²) in [7, 11) is 1.61. The van der Waals surface area contributed by atoms with Crippen molar-refractivity contribution >= 4 is 11.8 Å². The summed E-state index contributed by atoms with van der Waals surface area (Å²) in [5.41, 5.74) is 0.285. The van der Waals surface area contributed by atoms with E-state index in [0.29, 0.717) is 12.8 Å². The number of hydrogen-bond acceptors (Lipinski definition) is 3. The average Bonchev–Trinajstić information content (AvgIpc) is 2.47. The van der Waals surface area contributed by atoms with Crippen LogP contribution >= 0.6 is 0 Å². The number of amides is 2. The molecule has 2 unspecified atom stereocenters. The lowest BCUT2D eigenvalue weighted by Gasteiger charge is -2.42. The number of rotatable bonds is 4. The molecule has 1 aromatic carbocycles. The molecule has 0 spiro atoms. The number of nitrogens with one attached hydrogen (secondary N) is 1. The van der Waals surface area contributed by atoms with Gasteiger partial charge < -0.3 is 4.74 Å². The van der Waals surface area contributed by atoms with E-state index in [1.165, 1.54) is 0 Å². The number of ether oxygens (including phenoxy) is 1. The molecular formula is C16H21NO3. The Balaban J connectivity index is 2.54. The molecule has 2 amide bonds. The molecule has 1 fully saturated rings. The lowest BCUT2D eigenvalue weighted by molar-refractivity contribution is -0.141. The number of benzene rings is 1. The molecule has 1 aliphatic rings. The van der Waals surface area contributed by atoms with Crippen LogP contribution in [-0.2, 0) is 15.0 Å². The molecule has 1 N–H and O–H groups in total. The summed E-state index contributed by atoms with van der Waals surface area (Å²) in [5.74, 6) is 0.404. The highest BCUT2D eigenvalue weighted by Gasteiger charge is 2.49. The number of carbonyl (C=O) groups is 2. The molecule has 4 nitrogen and oxygen atoms in total. The smallest absolute Gasteiger partial charge is 0.237 e. The van der Waals surface area contributed by atoms with Gasteiger partial charge in [-0.2, -0.15) is 0 Å². The molecule has 108 valence electrons. The van der Waals surface area contributed by atoms with Crippen LogP contribution in [0.1, 0.15) is 38.7 Å². The summed E-state index contributed by atoms with van der Waals surface area (Å²) >= 11 is 0. The molecule has 4 heteroatoms. The molecule has 0 bridgehead atoms. The second-order valence-electron chi connectivity index (χ2n) is 5.24. The van der Waals surface area contributed by atoms with Gasteiger partial charge in [0, 0.05) is 6.42 Å². The summed E-state index contributed by atoms with van der Waals surface area (Å²) in [6.07, 6.45) is 1.86. The van der Waals surface area contributed by atoms with Gasteiger partial charge in [0.05, 0.1) is 12.5 Å². The first kappa shape index (κ1) is 14.6. The predicted molar refractivity (Wildman–Crippen MR) is 76.5 cm³/mol. The molecule has 0 saturated carbocycles. The normalized spacial score (nSPS) is 26.2. The van der Waals surface area contributed by atoms with Crippen molar-refractivity contribution in [1.82, 2.24) is 5.32 Å². The maximum Gasteiger partial charge on any atom is 0.237 e. The van der Waals surface area contributed by atoms with Gasteiger partial charge in [-0.1, -0.05) is 32.4 Å². The van der Waals surface area contributed by atoms with E-state index in [2.05, 4.69) is 5.32 Å². The SMILES string of the molecule is CCC1CC(=O)NC(=O)C1(CC)c1cccc(OC)c1. The summed E-state index contributed by atoms with van der Waals surface area (Å²) in [4.78, 5) is 24.2. The zero-order chi connectivity index (χ0) is 14.8. The van der Waals surface area contributed by atoms with Crippen LogP contribution in [0.3, 0.4) is 0 Å². The summed E-state index contributed by atoms with van der Waals surface area (Å²) in [5, 5.41) is 2.50. The van der Waals surface area contributed by atoms with E-state index in [4.69, 9.17) is 4.74 Å². The van der Waals surface area contributed by atoms with Crippen molar-refractivity contribution in [1.29, 1.82) is 0 Å². The molecule has 2 rings (SSSR count). The van der Waals surface area contributed by atoms with E-state index in [1.807, 2.05) is 38.1 Å². The number of carbonyl (C=O) groups excluding carboxylic acids is 2. The molecule has 0 aliphatic carbocycles. The molecule has 1 aromatic rings. The number of imide groups is 1. The first-order valence-corrected chi connectivity index (χ1v) is 7.07. The molecule has 1 saturated heterocycles. The van der Waals surface area contributed by atoms with Crippen molar-refractivity contribution in [2.24, 2.45) is 5.92 Å². The first-order chi connectivity index (χ1) is 9.58. The number of methoxy groups -OCH3 is 1. The molecule has 0 radical (unpaired) electrons. The van der Waals surface area contributed by atoms with Crippen LogP contribution in [0.4, 0.5) is 0 Å². The largest absolute Gasteiger partial charge is 0.497 e. The van der Waals surface area contributed by atoms with Gasteiger partial charge in [-0.25, -0.2) is 0 Å². The van der Waals surface area contributed by atoms with Crippen LogP contribution in [0.15, 0.2) is 24.3 Å². The standard InChI is InChI=1S/C16H21NO3/c1-4-11-10-14(18)17-15(19)16(11,5-2)12-7-6-8-13(9-12)20-3/h6-9,11H,4-5,10H2,1-3H3,(H,17,18,19). The van der Waals surface area contributed by atoms with Gasteiger partial charge in [0.1, 0.15) is 5.75 Å². The Morgan fingerprint density at radius 1 is 1.35 bits per heavy atom. The van der Waals surface area contributed by atoms with E-state index in [1.54, 1.807) is 7.11 Å².